The number of hydrogen-bond acceptors (Lipinski definition) is 6. The largest absolute Gasteiger partial charge is 0.442 e. The highest BCUT2D eigenvalue weighted by Gasteiger charge is 2.23. The van der Waals surface area contributed by atoms with Gasteiger partial charge in [-0.2, -0.15) is 5.10 Å². The summed E-state index contributed by atoms with van der Waals surface area (Å²) in [6, 6.07) is 8.15. The molecule has 8 heteroatoms. The molecule has 1 saturated heterocycles. The van der Waals surface area contributed by atoms with Crippen LogP contribution in [-0.4, -0.2) is 38.5 Å². The first-order valence-corrected chi connectivity index (χ1v) is 9.65. The van der Waals surface area contributed by atoms with Crippen molar-refractivity contribution in [3.63, 3.8) is 0 Å². The molecular formula is C21H24N6O2. The molecule has 150 valence electrons. The van der Waals surface area contributed by atoms with Gasteiger partial charge in [0, 0.05) is 29.3 Å². The lowest BCUT2D eigenvalue weighted by Crippen LogP contribution is -2.20. The number of amides is 1. The molecule has 1 aliphatic rings. The summed E-state index contributed by atoms with van der Waals surface area (Å²) in [5, 5.41) is 10.4. The van der Waals surface area contributed by atoms with Gasteiger partial charge in [0.25, 0.3) is 0 Å². The minimum absolute atomic E-state index is 0.199. The second kappa shape index (κ2) is 7.90. The summed E-state index contributed by atoms with van der Waals surface area (Å²) in [7, 11) is 0. The Bertz CT molecular complexity index is 1030. The summed E-state index contributed by atoms with van der Waals surface area (Å²) in [5.41, 5.74) is 5.07. The predicted octanol–water partition coefficient (Wildman–Crippen LogP) is 3.62. The number of nitrogens with one attached hydrogen (secondary N) is 2. The Labute approximate surface area is 169 Å². The van der Waals surface area contributed by atoms with E-state index in [0.717, 1.165) is 28.1 Å². The van der Waals surface area contributed by atoms with Crippen LogP contribution in [-0.2, 0) is 11.3 Å². The van der Waals surface area contributed by atoms with Gasteiger partial charge in [-0.05, 0) is 42.2 Å². The van der Waals surface area contributed by atoms with Gasteiger partial charge >= 0.3 is 6.09 Å². The van der Waals surface area contributed by atoms with Crippen molar-refractivity contribution in [3.05, 3.63) is 54.1 Å². The third-order valence-corrected chi connectivity index (χ3v) is 4.71. The van der Waals surface area contributed by atoms with Crippen LogP contribution in [0.3, 0.4) is 0 Å². The Kier molecular flexibility index (Phi) is 5.16. The zero-order chi connectivity index (χ0) is 20.4. The normalized spacial score (nSPS) is 16.0. The van der Waals surface area contributed by atoms with Gasteiger partial charge in [0.1, 0.15) is 6.10 Å². The van der Waals surface area contributed by atoms with E-state index in [2.05, 4.69) is 57.7 Å². The van der Waals surface area contributed by atoms with Crippen molar-refractivity contribution >= 4 is 17.7 Å². The van der Waals surface area contributed by atoms with Crippen LogP contribution in [0.5, 0.6) is 0 Å². The third kappa shape index (κ3) is 4.53. The maximum absolute atomic E-state index is 11.2. The molecule has 2 N–H and O–H groups in total. The number of carbonyl (C=O) groups excluding carboxylic acids is 1. The molecular weight excluding hydrogens is 368 g/mol. The average Bonchev–Trinajstić information content (AvgIpc) is 3.31. The van der Waals surface area contributed by atoms with Gasteiger partial charge in [-0.25, -0.2) is 14.8 Å². The van der Waals surface area contributed by atoms with Crippen LogP contribution >= 0.6 is 0 Å². The number of hydrogen-bond donors (Lipinski definition) is 2. The topological polar surface area (TPSA) is 94.0 Å². The van der Waals surface area contributed by atoms with Gasteiger partial charge in [0.2, 0.25) is 5.95 Å². The van der Waals surface area contributed by atoms with Gasteiger partial charge in [0.05, 0.1) is 19.3 Å². The van der Waals surface area contributed by atoms with E-state index in [9.17, 15) is 4.79 Å². The van der Waals surface area contributed by atoms with Gasteiger partial charge in [-0.3, -0.25) is 4.68 Å². The van der Waals surface area contributed by atoms with E-state index in [1.54, 1.807) is 10.9 Å². The molecule has 0 radical (unpaired) electrons. The molecule has 1 aromatic carbocycles. The van der Waals surface area contributed by atoms with E-state index in [0.29, 0.717) is 25.0 Å². The number of anilines is 2. The van der Waals surface area contributed by atoms with E-state index in [1.807, 2.05) is 25.4 Å². The van der Waals surface area contributed by atoms with E-state index >= 15 is 0 Å². The molecule has 3 aromatic rings. The average molecular weight is 392 g/mol. The lowest BCUT2D eigenvalue weighted by Gasteiger charge is -2.10. The van der Waals surface area contributed by atoms with Crippen molar-refractivity contribution in [1.82, 2.24) is 25.1 Å². The van der Waals surface area contributed by atoms with E-state index in [-0.39, 0.29) is 12.2 Å². The first kappa shape index (κ1) is 18.9. The maximum Gasteiger partial charge on any atom is 0.407 e. The molecule has 0 unspecified atom stereocenters. The molecule has 2 aromatic heterocycles. The Balaban J connectivity index is 1.53. The Morgan fingerprint density at radius 2 is 2.17 bits per heavy atom. The summed E-state index contributed by atoms with van der Waals surface area (Å²) in [6.07, 6.45) is 4.98. The van der Waals surface area contributed by atoms with Crippen molar-refractivity contribution < 1.29 is 9.53 Å². The van der Waals surface area contributed by atoms with Gasteiger partial charge in [-0.15, -0.1) is 0 Å². The highest BCUT2D eigenvalue weighted by Crippen LogP contribution is 2.26. The van der Waals surface area contributed by atoms with Crippen molar-refractivity contribution in [2.75, 3.05) is 11.9 Å². The number of benzene rings is 1. The molecule has 8 nitrogen and oxygen atoms in total. The summed E-state index contributed by atoms with van der Waals surface area (Å²) in [4.78, 5) is 20.1. The highest BCUT2D eigenvalue weighted by atomic mass is 16.6. The third-order valence-electron chi connectivity index (χ3n) is 4.71. The maximum atomic E-state index is 11.2. The summed E-state index contributed by atoms with van der Waals surface area (Å²) in [5.74, 6) is 0.922. The molecule has 1 atom stereocenters. The Hall–Kier alpha value is -3.42. The number of aryl methyl sites for hydroxylation is 1. The fourth-order valence-electron chi connectivity index (χ4n) is 3.26. The smallest absolute Gasteiger partial charge is 0.407 e. The lowest BCUT2D eigenvalue weighted by molar-refractivity contribution is 0.129. The summed E-state index contributed by atoms with van der Waals surface area (Å²) in [6.45, 7) is 7.29. The minimum Gasteiger partial charge on any atom is -0.442 e. The van der Waals surface area contributed by atoms with Crippen LogP contribution in [0.15, 0.2) is 42.9 Å². The second-order valence-corrected chi connectivity index (χ2v) is 7.53. The monoisotopic (exact) mass is 392 g/mol. The summed E-state index contributed by atoms with van der Waals surface area (Å²) < 4.78 is 6.97. The van der Waals surface area contributed by atoms with Crippen LogP contribution in [0.1, 0.15) is 31.0 Å². The number of carbonyl (C=O) groups is 1. The SMILES string of the molecule is Cc1cc(Nc2nccc(C(C)C)n2)cc(-c2cnn(C[C@@H]3CNC(=O)O3)c2)c1. The first-order valence-electron chi connectivity index (χ1n) is 9.65. The fourth-order valence-corrected chi connectivity index (χ4v) is 3.26. The van der Waals surface area contributed by atoms with E-state index in [4.69, 9.17) is 4.74 Å². The molecule has 1 fully saturated rings. The highest BCUT2D eigenvalue weighted by molar-refractivity contribution is 5.70. The number of cyclic esters (lactones) is 1. The minimum atomic E-state index is -0.375. The fraction of sp³-hybridized carbons (Fsp3) is 0.333. The quantitative estimate of drug-likeness (QED) is 0.665. The predicted molar refractivity (Wildman–Crippen MR) is 110 cm³/mol. The van der Waals surface area contributed by atoms with Crippen LogP contribution in [0.4, 0.5) is 16.4 Å². The summed E-state index contributed by atoms with van der Waals surface area (Å²) >= 11 is 0. The number of rotatable bonds is 6. The zero-order valence-electron chi connectivity index (χ0n) is 16.7. The van der Waals surface area contributed by atoms with Crippen LogP contribution in [0.2, 0.25) is 0 Å². The molecule has 4 rings (SSSR count). The molecule has 1 amide bonds. The van der Waals surface area contributed by atoms with Crippen molar-refractivity contribution in [1.29, 1.82) is 0 Å². The molecule has 1 aliphatic heterocycles. The van der Waals surface area contributed by atoms with Crippen molar-refractivity contribution in [2.45, 2.75) is 39.3 Å². The number of nitrogens with zero attached hydrogens (tertiary/aromatic N) is 4. The van der Waals surface area contributed by atoms with Gasteiger partial charge in [-0.1, -0.05) is 19.9 Å². The molecule has 0 saturated carbocycles. The van der Waals surface area contributed by atoms with Crippen molar-refractivity contribution in [3.8, 4) is 11.1 Å². The molecule has 0 aliphatic carbocycles. The lowest BCUT2D eigenvalue weighted by atomic mass is 10.1. The van der Waals surface area contributed by atoms with E-state index < -0.39 is 0 Å². The number of ether oxygens (including phenoxy) is 1. The van der Waals surface area contributed by atoms with Gasteiger partial charge < -0.3 is 15.4 Å². The van der Waals surface area contributed by atoms with Gasteiger partial charge in [0.15, 0.2) is 0 Å². The van der Waals surface area contributed by atoms with Crippen molar-refractivity contribution in [2.24, 2.45) is 0 Å². The first-order chi connectivity index (χ1) is 14.0. The van der Waals surface area contributed by atoms with E-state index in [1.165, 1.54) is 0 Å². The number of alkyl carbamates (subject to hydrolysis) is 1. The molecule has 29 heavy (non-hydrogen) atoms. The van der Waals surface area contributed by atoms with Crippen LogP contribution in [0, 0.1) is 6.92 Å². The Morgan fingerprint density at radius 3 is 2.93 bits per heavy atom. The number of aromatic nitrogens is 4. The molecule has 0 spiro atoms. The van der Waals surface area contributed by atoms with Crippen LogP contribution in [0.25, 0.3) is 11.1 Å². The second-order valence-electron chi connectivity index (χ2n) is 7.53. The molecule has 3 heterocycles. The Morgan fingerprint density at radius 1 is 1.31 bits per heavy atom. The zero-order valence-corrected chi connectivity index (χ0v) is 16.7. The standard InChI is InChI=1S/C21H24N6O2/c1-13(2)19-4-5-22-20(26-19)25-17-7-14(3)6-15(8-17)16-9-24-27(11-16)12-18-10-23-21(28)29-18/h4-9,11,13,18H,10,12H2,1-3H3,(H,23,28)(H,22,25,26)/t18-/m0/s1. The molecule has 0 bridgehead atoms. The van der Waals surface area contributed by atoms with Crippen LogP contribution < -0.4 is 10.6 Å².